The summed E-state index contributed by atoms with van der Waals surface area (Å²) >= 11 is 1.35. The van der Waals surface area contributed by atoms with Crippen LogP contribution in [0, 0.1) is 6.92 Å². The molecule has 0 saturated heterocycles. The number of ether oxygens (including phenoxy) is 3. The molecule has 0 saturated carbocycles. The van der Waals surface area contributed by atoms with Crippen LogP contribution < -0.4 is 14.3 Å². The minimum Gasteiger partial charge on any atom is -0.493 e. The molecule has 0 radical (unpaired) electrons. The Labute approximate surface area is 197 Å². The second-order valence-electron chi connectivity index (χ2n) is 7.45. The van der Waals surface area contributed by atoms with Crippen molar-refractivity contribution in [1.29, 1.82) is 0 Å². The molecule has 33 heavy (non-hydrogen) atoms. The number of nitrogens with zero attached hydrogens (tertiary/aromatic N) is 2. The molecule has 0 unspecified atom stereocenters. The number of thiazole rings is 1. The first kappa shape index (κ1) is 24.9. The van der Waals surface area contributed by atoms with Gasteiger partial charge in [-0.05, 0) is 25.5 Å². The lowest BCUT2D eigenvalue weighted by molar-refractivity contribution is -0.118. The minimum atomic E-state index is -3.44. The van der Waals surface area contributed by atoms with Gasteiger partial charge in [-0.3, -0.25) is 4.79 Å². The van der Waals surface area contributed by atoms with Crippen molar-refractivity contribution >= 4 is 37.3 Å². The maximum absolute atomic E-state index is 12.6. The number of methoxy groups -OCH3 is 3. The number of aryl methyl sites for hydroxylation is 1. The van der Waals surface area contributed by atoms with Crippen LogP contribution in [0.15, 0.2) is 46.3 Å². The van der Waals surface area contributed by atoms with Crippen LogP contribution in [0.2, 0.25) is 0 Å². The minimum absolute atomic E-state index is 0.0380. The van der Waals surface area contributed by atoms with Crippen LogP contribution in [0.5, 0.6) is 11.5 Å². The lowest BCUT2D eigenvalue weighted by Crippen LogP contribution is -2.19. The first-order valence-corrected chi connectivity index (χ1v) is 12.9. The van der Waals surface area contributed by atoms with E-state index in [1.54, 1.807) is 45.6 Å². The molecule has 0 fully saturated rings. The molecule has 1 heterocycles. The van der Waals surface area contributed by atoms with Gasteiger partial charge in [-0.15, -0.1) is 0 Å². The van der Waals surface area contributed by atoms with Gasteiger partial charge < -0.3 is 18.8 Å². The van der Waals surface area contributed by atoms with Crippen molar-refractivity contribution in [3.05, 3.63) is 46.8 Å². The van der Waals surface area contributed by atoms with E-state index in [2.05, 4.69) is 4.99 Å². The summed E-state index contributed by atoms with van der Waals surface area (Å²) in [5.41, 5.74) is 1.84. The summed E-state index contributed by atoms with van der Waals surface area (Å²) in [6.07, 6.45) is 0.236. The number of hydrogen-bond donors (Lipinski definition) is 0. The molecule has 3 rings (SSSR count). The van der Waals surface area contributed by atoms with Gasteiger partial charge in [-0.25, -0.2) is 8.42 Å². The molecule has 3 aromatic rings. The third kappa shape index (κ3) is 6.01. The average Bonchev–Trinajstić information content (AvgIpc) is 3.12. The Bertz CT molecular complexity index is 1290. The normalized spacial score (nSPS) is 12.3. The Balaban J connectivity index is 1.82. The molecule has 0 atom stereocenters. The van der Waals surface area contributed by atoms with Gasteiger partial charge in [0.05, 0.1) is 41.7 Å². The summed E-state index contributed by atoms with van der Waals surface area (Å²) in [7, 11) is 1.29. The van der Waals surface area contributed by atoms with E-state index in [9.17, 15) is 13.2 Å². The molecule has 178 valence electrons. The van der Waals surface area contributed by atoms with Crippen LogP contribution in [0.25, 0.3) is 10.2 Å². The van der Waals surface area contributed by atoms with Crippen LogP contribution in [0.3, 0.4) is 0 Å². The second-order valence-corrected chi connectivity index (χ2v) is 10.6. The first-order chi connectivity index (χ1) is 15.8. The van der Waals surface area contributed by atoms with Crippen molar-refractivity contribution in [2.75, 3.05) is 33.7 Å². The second kappa shape index (κ2) is 11.0. The van der Waals surface area contributed by atoms with Crippen LogP contribution in [-0.4, -0.2) is 52.6 Å². The van der Waals surface area contributed by atoms with Crippen LogP contribution in [0.4, 0.5) is 0 Å². The number of sulfone groups is 1. The number of carbonyl (C=O) groups excluding carboxylic acids is 1. The third-order valence-corrected chi connectivity index (χ3v) is 7.97. The Morgan fingerprint density at radius 3 is 2.36 bits per heavy atom. The van der Waals surface area contributed by atoms with Crippen molar-refractivity contribution in [2.24, 2.45) is 4.99 Å². The van der Waals surface area contributed by atoms with Gasteiger partial charge in [0, 0.05) is 32.2 Å². The summed E-state index contributed by atoms with van der Waals surface area (Å²) in [6, 6.07) is 10.4. The zero-order chi connectivity index (χ0) is 24.0. The maximum Gasteiger partial charge on any atom is 0.248 e. The SMILES string of the molecule is COCCn1c(=NC(=O)CCCS(=O)(=O)c2ccc(C)cc2)sc2cc(OC)c(OC)cc21. The molecule has 0 spiro atoms. The first-order valence-electron chi connectivity index (χ1n) is 10.4. The van der Waals surface area contributed by atoms with Crippen molar-refractivity contribution in [3.63, 3.8) is 0 Å². The lowest BCUT2D eigenvalue weighted by Gasteiger charge is -2.09. The Hall–Kier alpha value is -2.69. The fourth-order valence-corrected chi connectivity index (χ4v) is 5.71. The zero-order valence-electron chi connectivity index (χ0n) is 19.2. The van der Waals surface area contributed by atoms with E-state index in [0.717, 1.165) is 15.8 Å². The van der Waals surface area contributed by atoms with Crippen LogP contribution in [-0.2, 0) is 25.9 Å². The molecule has 0 bridgehead atoms. The van der Waals surface area contributed by atoms with Crippen LogP contribution >= 0.6 is 11.3 Å². The number of hydrogen-bond acceptors (Lipinski definition) is 7. The fraction of sp³-hybridized carbons (Fsp3) is 0.391. The van der Waals surface area contributed by atoms with Gasteiger partial charge in [-0.1, -0.05) is 29.0 Å². The number of aromatic nitrogens is 1. The van der Waals surface area contributed by atoms with Crippen molar-refractivity contribution in [1.82, 2.24) is 4.57 Å². The zero-order valence-corrected chi connectivity index (χ0v) is 20.8. The predicted molar refractivity (Wildman–Crippen MR) is 128 cm³/mol. The van der Waals surface area contributed by atoms with Crippen LogP contribution in [0.1, 0.15) is 18.4 Å². The molecular weight excluding hydrogens is 464 g/mol. The number of rotatable bonds is 10. The lowest BCUT2D eigenvalue weighted by atomic mass is 10.2. The molecular formula is C23H28N2O6S2. The summed E-state index contributed by atoms with van der Waals surface area (Å²) in [4.78, 5) is 17.6. The van der Waals surface area contributed by atoms with E-state index in [1.165, 1.54) is 11.3 Å². The molecule has 8 nitrogen and oxygen atoms in total. The highest BCUT2D eigenvalue weighted by molar-refractivity contribution is 7.91. The van der Waals surface area contributed by atoms with Gasteiger partial charge in [0.15, 0.2) is 26.1 Å². The van der Waals surface area contributed by atoms with E-state index in [4.69, 9.17) is 14.2 Å². The monoisotopic (exact) mass is 492 g/mol. The quantitative estimate of drug-likeness (QED) is 0.431. The van der Waals surface area contributed by atoms with Gasteiger partial charge in [0.1, 0.15) is 0 Å². The molecule has 0 aliphatic carbocycles. The van der Waals surface area contributed by atoms with Gasteiger partial charge >= 0.3 is 0 Å². The van der Waals surface area contributed by atoms with Crippen molar-refractivity contribution < 1.29 is 27.4 Å². The van der Waals surface area contributed by atoms with Crippen molar-refractivity contribution in [2.45, 2.75) is 31.2 Å². The standard InChI is InChI=1S/C23H28N2O6S2/c1-16-7-9-17(10-8-16)33(27,28)13-5-6-22(26)24-23-25(11-12-29-2)18-14-19(30-3)20(31-4)15-21(18)32-23/h7-10,14-15H,5-6,11-13H2,1-4H3. The summed E-state index contributed by atoms with van der Waals surface area (Å²) in [5.74, 6) is 0.685. The highest BCUT2D eigenvalue weighted by Gasteiger charge is 2.16. The van der Waals surface area contributed by atoms with E-state index in [0.29, 0.717) is 29.5 Å². The van der Waals surface area contributed by atoms with E-state index in [1.807, 2.05) is 23.6 Å². The topological polar surface area (TPSA) is 96.2 Å². The molecule has 1 amide bonds. The highest BCUT2D eigenvalue weighted by Crippen LogP contribution is 2.33. The van der Waals surface area contributed by atoms with E-state index < -0.39 is 9.84 Å². The highest BCUT2D eigenvalue weighted by atomic mass is 32.2. The average molecular weight is 493 g/mol. The van der Waals surface area contributed by atoms with Gasteiger partial charge in [0.25, 0.3) is 0 Å². The summed E-state index contributed by atoms with van der Waals surface area (Å²) in [6.45, 7) is 2.84. The smallest absolute Gasteiger partial charge is 0.248 e. The van der Waals surface area contributed by atoms with E-state index in [-0.39, 0.29) is 29.4 Å². The number of fused-ring (bicyclic) bond motifs is 1. The molecule has 10 heteroatoms. The summed E-state index contributed by atoms with van der Waals surface area (Å²) in [5, 5.41) is 0. The fourth-order valence-electron chi connectivity index (χ4n) is 3.32. The Morgan fingerprint density at radius 1 is 1.06 bits per heavy atom. The Morgan fingerprint density at radius 2 is 1.73 bits per heavy atom. The molecule has 0 aliphatic heterocycles. The molecule has 0 aliphatic rings. The van der Waals surface area contributed by atoms with Crippen molar-refractivity contribution in [3.8, 4) is 11.5 Å². The van der Waals surface area contributed by atoms with Gasteiger partial charge in [0.2, 0.25) is 5.91 Å². The molecule has 0 N–H and O–H groups in total. The predicted octanol–water partition coefficient (Wildman–Crippen LogP) is 3.36. The third-order valence-electron chi connectivity index (χ3n) is 5.11. The summed E-state index contributed by atoms with van der Waals surface area (Å²) < 4.78 is 43.8. The molecule has 2 aromatic carbocycles. The van der Waals surface area contributed by atoms with E-state index >= 15 is 0 Å². The number of benzene rings is 2. The van der Waals surface area contributed by atoms with Gasteiger partial charge in [-0.2, -0.15) is 4.99 Å². The largest absolute Gasteiger partial charge is 0.493 e. The molecule has 1 aromatic heterocycles. The number of amides is 1. The Kier molecular flexibility index (Phi) is 8.28. The maximum atomic E-state index is 12.6. The number of carbonyl (C=O) groups is 1.